The molecule has 1 aliphatic carbocycles. The molecule has 0 atom stereocenters. The third-order valence-electron chi connectivity index (χ3n) is 3.09. The Morgan fingerprint density at radius 3 is 2.76 bits per heavy atom. The Bertz CT molecular complexity index is 641. The highest BCUT2D eigenvalue weighted by Crippen LogP contribution is 2.23. The Morgan fingerprint density at radius 1 is 1.33 bits per heavy atom. The monoisotopic (exact) mass is 286 g/mol. The summed E-state index contributed by atoms with van der Waals surface area (Å²) in [5, 5.41) is 14.1. The summed E-state index contributed by atoms with van der Waals surface area (Å²) in [7, 11) is 0. The quantitative estimate of drug-likeness (QED) is 0.648. The lowest BCUT2D eigenvalue weighted by atomic mass is 10.3. The lowest BCUT2D eigenvalue weighted by Crippen LogP contribution is -2.15. The molecule has 1 aromatic carbocycles. The third kappa shape index (κ3) is 3.73. The molecule has 1 aliphatic rings. The minimum Gasteiger partial charge on any atom is -0.424 e. The van der Waals surface area contributed by atoms with E-state index in [2.05, 4.69) is 15.3 Å². The second kappa shape index (κ2) is 5.84. The van der Waals surface area contributed by atoms with E-state index >= 15 is 0 Å². The van der Waals surface area contributed by atoms with Crippen LogP contribution in [0, 0.1) is 10.1 Å². The van der Waals surface area contributed by atoms with Gasteiger partial charge < -0.3 is 10.1 Å². The number of non-ortho nitro benzene ring substituents is 1. The minimum atomic E-state index is -0.472. The van der Waals surface area contributed by atoms with Gasteiger partial charge in [-0.15, -0.1) is 0 Å². The van der Waals surface area contributed by atoms with Crippen LogP contribution < -0.4 is 10.1 Å². The Kier molecular flexibility index (Phi) is 3.74. The fraction of sp³-hybridized carbons (Fsp3) is 0.286. The SMILES string of the molecule is O=[N+]([O-])c1cccc(Oc2ncc(CNC3CC3)cn2)c1. The Hall–Kier alpha value is -2.54. The largest absolute Gasteiger partial charge is 0.424 e. The van der Waals surface area contributed by atoms with Crippen LogP contribution in [0.2, 0.25) is 0 Å². The van der Waals surface area contributed by atoms with Crippen molar-refractivity contribution in [1.29, 1.82) is 0 Å². The number of nitro groups is 1. The fourth-order valence-corrected chi connectivity index (χ4v) is 1.80. The first-order chi connectivity index (χ1) is 10.2. The molecule has 1 heterocycles. The smallest absolute Gasteiger partial charge is 0.321 e. The zero-order chi connectivity index (χ0) is 14.7. The van der Waals surface area contributed by atoms with E-state index in [4.69, 9.17) is 4.74 Å². The molecule has 21 heavy (non-hydrogen) atoms. The van der Waals surface area contributed by atoms with Gasteiger partial charge in [-0.05, 0) is 18.9 Å². The molecule has 7 heteroatoms. The van der Waals surface area contributed by atoms with Gasteiger partial charge in [-0.3, -0.25) is 10.1 Å². The number of benzene rings is 1. The molecule has 1 saturated carbocycles. The first kappa shape index (κ1) is 13.4. The molecule has 3 rings (SSSR count). The van der Waals surface area contributed by atoms with E-state index in [1.54, 1.807) is 24.5 Å². The maximum atomic E-state index is 10.7. The van der Waals surface area contributed by atoms with E-state index in [9.17, 15) is 10.1 Å². The first-order valence-corrected chi connectivity index (χ1v) is 6.67. The van der Waals surface area contributed by atoms with E-state index < -0.39 is 4.92 Å². The summed E-state index contributed by atoms with van der Waals surface area (Å²) < 4.78 is 5.42. The number of rotatable bonds is 6. The summed E-state index contributed by atoms with van der Waals surface area (Å²) in [5.74, 6) is 0.341. The predicted octanol–water partition coefficient (Wildman–Crippen LogP) is 2.43. The van der Waals surface area contributed by atoms with Gasteiger partial charge in [-0.1, -0.05) is 6.07 Å². The van der Waals surface area contributed by atoms with Gasteiger partial charge in [0, 0.05) is 36.6 Å². The maximum absolute atomic E-state index is 10.7. The van der Waals surface area contributed by atoms with Crippen LogP contribution in [-0.4, -0.2) is 20.9 Å². The second-order valence-corrected chi connectivity index (χ2v) is 4.89. The van der Waals surface area contributed by atoms with Gasteiger partial charge in [0.15, 0.2) is 0 Å². The third-order valence-corrected chi connectivity index (χ3v) is 3.09. The lowest BCUT2D eigenvalue weighted by molar-refractivity contribution is -0.384. The first-order valence-electron chi connectivity index (χ1n) is 6.67. The van der Waals surface area contributed by atoms with E-state index in [-0.39, 0.29) is 11.7 Å². The van der Waals surface area contributed by atoms with Crippen LogP contribution in [0.15, 0.2) is 36.7 Å². The van der Waals surface area contributed by atoms with Crippen molar-refractivity contribution in [3.8, 4) is 11.8 Å². The molecule has 0 aliphatic heterocycles. The number of nitrogens with one attached hydrogen (secondary N) is 1. The average Bonchev–Trinajstić information content (AvgIpc) is 3.31. The van der Waals surface area contributed by atoms with Crippen LogP contribution in [-0.2, 0) is 6.54 Å². The molecule has 0 spiro atoms. The van der Waals surface area contributed by atoms with Crippen molar-refractivity contribution in [3.63, 3.8) is 0 Å². The molecule has 2 aromatic rings. The zero-order valence-corrected chi connectivity index (χ0v) is 11.2. The number of hydrogen-bond donors (Lipinski definition) is 1. The summed E-state index contributed by atoms with van der Waals surface area (Å²) >= 11 is 0. The number of hydrogen-bond acceptors (Lipinski definition) is 6. The van der Waals surface area contributed by atoms with E-state index in [0.29, 0.717) is 11.8 Å². The zero-order valence-electron chi connectivity index (χ0n) is 11.2. The van der Waals surface area contributed by atoms with Crippen LogP contribution in [0.25, 0.3) is 0 Å². The van der Waals surface area contributed by atoms with Gasteiger partial charge in [-0.2, -0.15) is 0 Å². The number of aromatic nitrogens is 2. The van der Waals surface area contributed by atoms with E-state index in [1.807, 2.05) is 0 Å². The van der Waals surface area contributed by atoms with E-state index in [0.717, 1.165) is 12.1 Å². The second-order valence-electron chi connectivity index (χ2n) is 4.89. The minimum absolute atomic E-state index is 0.0299. The highest BCUT2D eigenvalue weighted by Gasteiger charge is 2.20. The highest BCUT2D eigenvalue weighted by molar-refractivity contribution is 5.38. The van der Waals surface area contributed by atoms with Gasteiger partial charge in [-0.25, -0.2) is 9.97 Å². The van der Waals surface area contributed by atoms with Crippen LogP contribution in [0.1, 0.15) is 18.4 Å². The molecule has 0 unspecified atom stereocenters. The molecule has 7 nitrogen and oxygen atoms in total. The predicted molar refractivity (Wildman–Crippen MR) is 75.1 cm³/mol. The summed E-state index contributed by atoms with van der Waals surface area (Å²) in [6.45, 7) is 0.738. The molecule has 0 amide bonds. The van der Waals surface area contributed by atoms with Crippen molar-refractivity contribution < 1.29 is 9.66 Å². The summed E-state index contributed by atoms with van der Waals surface area (Å²) in [6, 6.07) is 6.73. The number of ether oxygens (including phenoxy) is 1. The fourth-order valence-electron chi connectivity index (χ4n) is 1.80. The molecule has 108 valence electrons. The van der Waals surface area contributed by atoms with Crippen molar-refractivity contribution in [1.82, 2.24) is 15.3 Å². The number of nitro benzene ring substituents is 1. The van der Waals surface area contributed by atoms with Crippen molar-refractivity contribution >= 4 is 5.69 Å². The normalized spacial score (nSPS) is 13.9. The average molecular weight is 286 g/mol. The summed E-state index contributed by atoms with van der Waals surface area (Å²) in [6.07, 6.45) is 5.84. The molecule has 1 aromatic heterocycles. The van der Waals surface area contributed by atoms with Crippen molar-refractivity contribution in [2.24, 2.45) is 0 Å². The van der Waals surface area contributed by atoms with Crippen LogP contribution in [0.5, 0.6) is 11.8 Å². The molecular weight excluding hydrogens is 272 g/mol. The topological polar surface area (TPSA) is 90.2 Å². The van der Waals surface area contributed by atoms with Crippen molar-refractivity contribution in [2.75, 3.05) is 0 Å². The Morgan fingerprint density at radius 2 is 2.10 bits per heavy atom. The van der Waals surface area contributed by atoms with Crippen LogP contribution in [0.3, 0.4) is 0 Å². The van der Waals surface area contributed by atoms with Gasteiger partial charge in [0.2, 0.25) is 0 Å². The Labute approximate surface area is 121 Å². The molecule has 0 radical (unpaired) electrons. The standard InChI is InChI=1S/C14H14N4O3/c19-18(20)12-2-1-3-13(6-12)21-14-16-8-10(9-17-14)7-15-11-4-5-11/h1-3,6,8-9,11,15H,4-5,7H2. The van der Waals surface area contributed by atoms with Crippen molar-refractivity contribution in [3.05, 3.63) is 52.3 Å². The molecule has 1 N–H and O–H groups in total. The number of nitrogens with zero attached hydrogens (tertiary/aromatic N) is 3. The van der Waals surface area contributed by atoms with Crippen LogP contribution >= 0.6 is 0 Å². The lowest BCUT2D eigenvalue weighted by Gasteiger charge is -2.05. The Balaban J connectivity index is 1.63. The molecule has 0 saturated heterocycles. The van der Waals surface area contributed by atoms with Crippen molar-refractivity contribution in [2.45, 2.75) is 25.4 Å². The molecule has 1 fully saturated rings. The van der Waals surface area contributed by atoms with E-state index in [1.165, 1.54) is 25.0 Å². The van der Waals surface area contributed by atoms with Crippen LogP contribution in [0.4, 0.5) is 5.69 Å². The van der Waals surface area contributed by atoms with Gasteiger partial charge >= 0.3 is 6.01 Å². The summed E-state index contributed by atoms with van der Waals surface area (Å²) in [4.78, 5) is 18.4. The van der Waals surface area contributed by atoms with Gasteiger partial charge in [0.05, 0.1) is 11.0 Å². The molecular formula is C14H14N4O3. The molecule has 0 bridgehead atoms. The van der Waals surface area contributed by atoms with Gasteiger partial charge in [0.25, 0.3) is 5.69 Å². The summed E-state index contributed by atoms with van der Waals surface area (Å²) in [5.41, 5.74) is 0.950. The van der Waals surface area contributed by atoms with Gasteiger partial charge in [0.1, 0.15) is 5.75 Å². The maximum Gasteiger partial charge on any atom is 0.321 e. The highest BCUT2D eigenvalue weighted by atomic mass is 16.6.